The fourth-order valence-corrected chi connectivity index (χ4v) is 3.40. The summed E-state index contributed by atoms with van der Waals surface area (Å²) in [6.45, 7) is 0. The van der Waals surface area contributed by atoms with Gasteiger partial charge in [0, 0.05) is 0 Å². The summed E-state index contributed by atoms with van der Waals surface area (Å²) in [4.78, 5) is 0. The highest BCUT2D eigenvalue weighted by atomic mass is 32.1. The molecule has 0 nitrogen and oxygen atoms in total. The summed E-state index contributed by atoms with van der Waals surface area (Å²) in [6.07, 6.45) is 0. The third-order valence-corrected chi connectivity index (χ3v) is 5.27. The van der Waals surface area contributed by atoms with Crippen molar-refractivity contribution in [2.45, 2.75) is 0 Å². The first-order chi connectivity index (χ1) is 12.5. The van der Waals surface area contributed by atoms with Crippen molar-refractivity contribution in [1.29, 1.82) is 0 Å². The van der Waals surface area contributed by atoms with E-state index in [1.165, 1.54) is 0 Å². The van der Waals surface area contributed by atoms with E-state index in [-0.39, 0.29) is 0 Å². The molecular formula is C20H20S5. The number of rotatable bonds is 0. The molecule has 0 aliphatic heterocycles. The molecule has 0 N–H and O–H groups in total. The zero-order valence-corrected chi connectivity index (χ0v) is 17.7. The molecule has 5 aromatic rings. The van der Waals surface area contributed by atoms with Crippen LogP contribution in [0.5, 0.6) is 0 Å². The van der Waals surface area contributed by atoms with Crippen molar-refractivity contribution in [3.05, 3.63) is 114 Å². The van der Waals surface area contributed by atoms with Crippen LogP contribution >= 0.6 is 56.7 Å². The minimum atomic E-state index is 1.71. The fourth-order valence-electron chi connectivity index (χ4n) is 1.13. The lowest BCUT2D eigenvalue weighted by Crippen LogP contribution is -1.16. The molecule has 0 aromatic carbocycles. The van der Waals surface area contributed by atoms with Crippen LogP contribution in [0.2, 0.25) is 0 Å². The molecule has 0 saturated carbocycles. The van der Waals surface area contributed by atoms with E-state index < -0.39 is 0 Å². The highest BCUT2D eigenvalue weighted by molar-refractivity contribution is 7.08. The van der Waals surface area contributed by atoms with Crippen LogP contribution in [0.4, 0.5) is 0 Å². The van der Waals surface area contributed by atoms with E-state index in [0.717, 1.165) is 0 Å². The Morgan fingerprint density at radius 3 is 0.360 bits per heavy atom. The van der Waals surface area contributed by atoms with Crippen molar-refractivity contribution < 1.29 is 0 Å². The summed E-state index contributed by atoms with van der Waals surface area (Å²) >= 11 is 8.56. The van der Waals surface area contributed by atoms with E-state index in [0.29, 0.717) is 0 Å². The Bertz CT molecular complexity index is 453. The summed E-state index contributed by atoms with van der Waals surface area (Å²) in [5.74, 6) is 0. The molecule has 0 radical (unpaired) electrons. The van der Waals surface area contributed by atoms with Crippen molar-refractivity contribution in [2.24, 2.45) is 0 Å². The lowest BCUT2D eigenvalue weighted by Gasteiger charge is -1.39. The topological polar surface area (TPSA) is 0 Å². The summed E-state index contributed by atoms with van der Waals surface area (Å²) < 4.78 is 0. The Balaban J connectivity index is 0.000000156. The second-order valence-electron chi connectivity index (χ2n) is 3.97. The first kappa shape index (κ1) is 21.5. The molecule has 5 rings (SSSR count). The Kier molecular flexibility index (Phi) is 16.2. The summed E-state index contributed by atoms with van der Waals surface area (Å²) in [6, 6.07) is 20.2. The molecule has 0 unspecified atom stereocenters. The van der Waals surface area contributed by atoms with Gasteiger partial charge in [-0.05, 0) is 53.8 Å². The van der Waals surface area contributed by atoms with Gasteiger partial charge in [-0.2, -0.15) is 56.7 Å². The van der Waals surface area contributed by atoms with Crippen molar-refractivity contribution in [3.63, 3.8) is 0 Å². The van der Waals surface area contributed by atoms with Crippen LogP contribution in [0.25, 0.3) is 0 Å². The van der Waals surface area contributed by atoms with Gasteiger partial charge in [-0.3, -0.25) is 0 Å². The molecule has 25 heavy (non-hydrogen) atoms. The standard InChI is InChI=1S/5C4H4S/c5*1-2-4-5-3-1/h5*1-4H. The van der Waals surface area contributed by atoms with Crippen LogP contribution in [0.3, 0.4) is 0 Å². The molecule has 0 aliphatic rings. The normalized spacial score (nSPS) is 8.00. The van der Waals surface area contributed by atoms with Gasteiger partial charge in [0.25, 0.3) is 0 Å². The first-order valence-corrected chi connectivity index (χ1v) is 12.1. The van der Waals surface area contributed by atoms with Gasteiger partial charge >= 0.3 is 0 Å². The smallest absolute Gasteiger partial charge is 0.00934 e. The Morgan fingerprint density at radius 2 is 0.320 bits per heavy atom. The Morgan fingerprint density at radius 1 is 0.200 bits per heavy atom. The highest BCUT2D eigenvalue weighted by Crippen LogP contribution is 1.93. The zero-order valence-electron chi connectivity index (χ0n) is 13.6. The molecule has 5 heterocycles. The van der Waals surface area contributed by atoms with Crippen molar-refractivity contribution >= 4 is 56.7 Å². The van der Waals surface area contributed by atoms with Crippen LogP contribution in [-0.2, 0) is 0 Å². The minimum Gasteiger partial charge on any atom is -0.152 e. The molecule has 130 valence electrons. The van der Waals surface area contributed by atoms with Gasteiger partial charge in [-0.25, -0.2) is 0 Å². The van der Waals surface area contributed by atoms with E-state index in [1.54, 1.807) is 56.7 Å². The van der Waals surface area contributed by atoms with Crippen LogP contribution in [0.15, 0.2) is 114 Å². The molecule has 0 aliphatic carbocycles. The average Bonchev–Trinajstić information content (AvgIpc) is 3.55. The molecular weight excluding hydrogens is 401 g/mol. The maximum atomic E-state index is 2.04. The van der Waals surface area contributed by atoms with Gasteiger partial charge < -0.3 is 0 Å². The first-order valence-electron chi connectivity index (χ1n) is 7.36. The maximum Gasteiger partial charge on any atom is -0.00934 e. The second kappa shape index (κ2) is 18.8. The predicted octanol–water partition coefficient (Wildman–Crippen LogP) is 8.74. The largest absolute Gasteiger partial charge is 0.152 e. The van der Waals surface area contributed by atoms with Gasteiger partial charge in [-0.1, -0.05) is 60.7 Å². The minimum absolute atomic E-state index is 1.71. The van der Waals surface area contributed by atoms with Crippen LogP contribution in [0, 0.1) is 0 Å². The van der Waals surface area contributed by atoms with E-state index >= 15 is 0 Å². The Labute approximate surface area is 170 Å². The summed E-state index contributed by atoms with van der Waals surface area (Å²) in [5.41, 5.74) is 0. The van der Waals surface area contributed by atoms with E-state index in [1.807, 2.05) is 114 Å². The number of thiophene rings is 5. The van der Waals surface area contributed by atoms with Crippen LogP contribution < -0.4 is 0 Å². The predicted molar refractivity (Wildman–Crippen MR) is 122 cm³/mol. The molecule has 5 aromatic heterocycles. The van der Waals surface area contributed by atoms with E-state index in [9.17, 15) is 0 Å². The molecule has 0 fully saturated rings. The maximum absolute atomic E-state index is 2.04. The molecule has 0 bridgehead atoms. The van der Waals surface area contributed by atoms with Gasteiger partial charge in [0.05, 0.1) is 0 Å². The number of hydrogen-bond acceptors (Lipinski definition) is 5. The van der Waals surface area contributed by atoms with Crippen LogP contribution in [-0.4, -0.2) is 0 Å². The fraction of sp³-hybridized carbons (Fsp3) is 0. The van der Waals surface area contributed by atoms with E-state index in [4.69, 9.17) is 0 Å². The third-order valence-electron chi connectivity index (χ3n) is 2.13. The second-order valence-corrected chi connectivity index (χ2v) is 8.05. The number of hydrogen-bond donors (Lipinski definition) is 0. The molecule has 5 heteroatoms. The van der Waals surface area contributed by atoms with Gasteiger partial charge in [0.2, 0.25) is 0 Å². The molecule has 0 amide bonds. The summed E-state index contributed by atoms with van der Waals surface area (Å²) in [7, 11) is 0. The van der Waals surface area contributed by atoms with Gasteiger partial charge in [-0.15, -0.1) is 0 Å². The quantitative estimate of drug-likeness (QED) is 0.235. The van der Waals surface area contributed by atoms with E-state index in [2.05, 4.69) is 0 Å². The molecule has 0 atom stereocenters. The lowest BCUT2D eigenvalue weighted by atomic mass is 10.7. The average molecular weight is 421 g/mol. The van der Waals surface area contributed by atoms with Gasteiger partial charge in [0.15, 0.2) is 0 Å². The van der Waals surface area contributed by atoms with Crippen molar-refractivity contribution in [1.82, 2.24) is 0 Å². The SMILES string of the molecule is c1ccsc1.c1ccsc1.c1ccsc1.c1ccsc1.c1ccsc1. The van der Waals surface area contributed by atoms with Crippen molar-refractivity contribution in [2.75, 3.05) is 0 Å². The third kappa shape index (κ3) is 17.1. The lowest BCUT2D eigenvalue weighted by molar-refractivity contribution is 2.03. The van der Waals surface area contributed by atoms with Crippen LogP contribution in [0.1, 0.15) is 0 Å². The summed E-state index contributed by atoms with van der Waals surface area (Å²) in [5, 5.41) is 20.4. The Hall–Kier alpha value is -1.50. The van der Waals surface area contributed by atoms with Gasteiger partial charge in [0.1, 0.15) is 0 Å². The van der Waals surface area contributed by atoms with Crippen molar-refractivity contribution in [3.8, 4) is 0 Å². The zero-order chi connectivity index (χ0) is 17.7. The monoisotopic (exact) mass is 420 g/mol. The molecule has 0 saturated heterocycles. The molecule has 0 spiro atoms. The highest BCUT2D eigenvalue weighted by Gasteiger charge is 1.60.